The minimum atomic E-state index is -0.476. The Morgan fingerprint density at radius 2 is 2.28 bits per heavy atom. The van der Waals surface area contributed by atoms with Crippen molar-refractivity contribution < 1.29 is 9.72 Å². The number of nitrogens with two attached hydrogens (primary N) is 1. The molecule has 9 heteroatoms. The maximum atomic E-state index is 12.5. The molecule has 2 atom stereocenters. The van der Waals surface area contributed by atoms with Gasteiger partial charge in [0.25, 0.3) is 11.6 Å². The Kier molecular flexibility index (Phi) is 4.75. The number of aromatic nitrogens is 3. The number of carbonyl (C=O) groups is 1. The summed E-state index contributed by atoms with van der Waals surface area (Å²) in [6.45, 7) is 2.26. The van der Waals surface area contributed by atoms with Crippen molar-refractivity contribution in [2.24, 2.45) is 11.7 Å². The van der Waals surface area contributed by atoms with Gasteiger partial charge < -0.3 is 11.1 Å². The van der Waals surface area contributed by atoms with Crippen molar-refractivity contribution in [2.45, 2.75) is 32.2 Å². The molecule has 132 valence electrons. The van der Waals surface area contributed by atoms with Crippen LogP contribution >= 0.6 is 0 Å². The van der Waals surface area contributed by atoms with Gasteiger partial charge in [-0.05, 0) is 38.3 Å². The monoisotopic (exact) mass is 344 g/mol. The molecule has 0 spiro atoms. The van der Waals surface area contributed by atoms with Crippen molar-refractivity contribution in [3.05, 3.63) is 45.8 Å². The number of nitrogens with zero attached hydrogens (tertiary/aromatic N) is 4. The molecule has 1 heterocycles. The summed E-state index contributed by atoms with van der Waals surface area (Å²) in [6, 6.07) is 6.09. The average molecular weight is 344 g/mol. The standard InChI is InChI=1S/C16H20N6O3/c1-10-15(16(23)18-14-7-2-4-11(14)9-17)19-20-21(10)12-5-3-6-13(8-12)22(24)25/h3,5-6,8,11,14H,2,4,7,9,17H2,1H3,(H,18,23). The van der Waals surface area contributed by atoms with Gasteiger partial charge in [0.1, 0.15) is 0 Å². The van der Waals surface area contributed by atoms with Gasteiger partial charge in [-0.25, -0.2) is 4.68 Å². The van der Waals surface area contributed by atoms with E-state index < -0.39 is 4.92 Å². The number of hydrogen-bond donors (Lipinski definition) is 2. The van der Waals surface area contributed by atoms with Crippen molar-refractivity contribution in [3.8, 4) is 5.69 Å². The number of benzene rings is 1. The lowest BCUT2D eigenvalue weighted by Crippen LogP contribution is -2.40. The van der Waals surface area contributed by atoms with Crippen molar-refractivity contribution in [3.63, 3.8) is 0 Å². The first kappa shape index (κ1) is 17.0. The number of nitro benzene ring substituents is 1. The maximum Gasteiger partial charge on any atom is 0.273 e. The van der Waals surface area contributed by atoms with Crippen LogP contribution in [0.4, 0.5) is 5.69 Å². The minimum Gasteiger partial charge on any atom is -0.348 e. The molecule has 2 aromatic rings. The van der Waals surface area contributed by atoms with Crippen LogP contribution in [-0.4, -0.2) is 38.4 Å². The number of hydrogen-bond acceptors (Lipinski definition) is 6. The van der Waals surface area contributed by atoms with E-state index in [4.69, 9.17) is 5.73 Å². The van der Waals surface area contributed by atoms with Crippen LogP contribution in [0.25, 0.3) is 5.69 Å². The summed E-state index contributed by atoms with van der Waals surface area (Å²) in [5.41, 5.74) is 6.93. The van der Waals surface area contributed by atoms with Crippen LogP contribution in [-0.2, 0) is 0 Å². The predicted octanol–water partition coefficient (Wildman–Crippen LogP) is 1.34. The molecular weight excluding hydrogens is 324 g/mol. The molecule has 0 saturated heterocycles. The second-order valence-corrected chi connectivity index (χ2v) is 6.22. The number of carbonyl (C=O) groups excluding carboxylic acids is 1. The topological polar surface area (TPSA) is 129 Å². The first-order chi connectivity index (χ1) is 12.0. The van der Waals surface area contributed by atoms with Gasteiger partial charge in [-0.3, -0.25) is 14.9 Å². The normalized spacial score (nSPS) is 19.8. The second-order valence-electron chi connectivity index (χ2n) is 6.22. The van der Waals surface area contributed by atoms with Gasteiger partial charge in [-0.2, -0.15) is 0 Å². The summed E-state index contributed by atoms with van der Waals surface area (Å²) in [7, 11) is 0. The molecule has 1 aromatic carbocycles. The minimum absolute atomic E-state index is 0.0462. The van der Waals surface area contributed by atoms with Crippen molar-refractivity contribution in [1.82, 2.24) is 20.3 Å². The van der Waals surface area contributed by atoms with Gasteiger partial charge >= 0.3 is 0 Å². The highest BCUT2D eigenvalue weighted by Gasteiger charge is 2.29. The highest BCUT2D eigenvalue weighted by molar-refractivity contribution is 5.93. The molecule has 9 nitrogen and oxygen atoms in total. The van der Waals surface area contributed by atoms with Crippen LogP contribution in [0, 0.1) is 23.0 Å². The number of nitro groups is 1. The Balaban J connectivity index is 1.82. The summed E-state index contributed by atoms with van der Waals surface area (Å²) < 4.78 is 1.43. The van der Waals surface area contributed by atoms with Gasteiger partial charge in [0.15, 0.2) is 5.69 Å². The Morgan fingerprint density at radius 3 is 3.00 bits per heavy atom. The van der Waals surface area contributed by atoms with Crippen molar-refractivity contribution in [2.75, 3.05) is 6.54 Å². The SMILES string of the molecule is Cc1c(C(=O)NC2CCCC2CN)nnn1-c1cccc([N+](=O)[O-])c1. The quantitative estimate of drug-likeness (QED) is 0.622. The Labute approximate surface area is 144 Å². The van der Waals surface area contributed by atoms with E-state index in [1.807, 2.05) is 0 Å². The molecule has 0 aliphatic heterocycles. The zero-order chi connectivity index (χ0) is 18.0. The molecule has 1 amide bonds. The third kappa shape index (κ3) is 3.36. The van der Waals surface area contributed by atoms with E-state index in [-0.39, 0.29) is 29.2 Å². The predicted molar refractivity (Wildman–Crippen MR) is 90.4 cm³/mol. The molecule has 1 aliphatic carbocycles. The summed E-state index contributed by atoms with van der Waals surface area (Å²) in [4.78, 5) is 23.0. The molecule has 0 radical (unpaired) electrons. The van der Waals surface area contributed by atoms with Gasteiger partial charge in [0, 0.05) is 18.2 Å². The van der Waals surface area contributed by atoms with Gasteiger partial charge in [0.05, 0.1) is 16.3 Å². The third-order valence-corrected chi connectivity index (χ3v) is 4.67. The number of amides is 1. The molecule has 1 aromatic heterocycles. The summed E-state index contributed by atoms with van der Waals surface area (Å²) >= 11 is 0. The number of non-ortho nitro benzene ring substituents is 1. The van der Waals surface area contributed by atoms with Crippen LogP contribution in [0.15, 0.2) is 24.3 Å². The van der Waals surface area contributed by atoms with E-state index in [2.05, 4.69) is 15.6 Å². The van der Waals surface area contributed by atoms with Gasteiger partial charge in [-0.1, -0.05) is 17.7 Å². The molecular formula is C16H20N6O3. The Morgan fingerprint density at radius 1 is 1.48 bits per heavy atom. The summed E-state index contributed by atoms with van der Waals surface area (Å²) in [5.74, 6) is -0.00407. The first-order valence-electron chi connectivity index (χ1n) is 8.19. The van der Waals surface area contributed by atoms with E-state index in [0.29, 0.717) is 17.9 Å². The number of nitrogens with one attached hydrogen (secondary N) is 1. The fourth-order valence-electron chi connectivity index (χ4n) is 3.27. The van der Waals surface area contributed by atoms with Gasteiger partial charge in [0.2, 0.25) is 0 Å². The maximum absolute atomic E-state index is 12.5. The Hall–Kier alpha value is -2.81. The summed E-state index contributed by atoms with van der Waals surface area (Å²) in [6.07, 6.45) is 2.97. The highest BCUT2D eigenvalue weighted by atomic mass is 16.6. The zero-order valence-corrected chi connectivity index (χ0v) is 13.9. The second kappa shape index (κ2) is 6.98. The van der Waals surface area contributed by atoms with Crippen LogP contribution in [0.2, 0.25) is 0 Å². The molecule has 1 aliphatic rings. The van der Waals surface area contributed by atoms with E-state index in [1.165, 1.54) is 16.8 Å². The van der Waals surface area contributed by atoms with Crippen LogP contribution in [0.5, 0.6) is 0 Å². The van der Waals surface area contributed by atoms with E-state index in [9.17, 15) is 14.9 Å². The fourth-order valence-corrected chi connectivity index (χ4v) is 3.27. The fraction of sp³-hybridized carbons (Fsp3) is 0.438. The lowest BCUT2D eigenvalue weighted by molar-refractivity contribution is -0.384. The molecule has 3 rings (SSSR count). The van der Waals surface area contributed by atoms with E-state index in [1.54, 1.807) is 19.1 Å². The zero-order valence-electron chi connectivity index (χ0n) is 13.9. The van der Waals surface area contributed by atoms with Gasteiger partial charge in [-0.15, -0.1) is 5.10 Å². The number of rotatable bonds is 5. The first-order valence-corrected chi connectivity index (χ1v) is 8.19. The van der Waals surface area contributed by atoms with Crippen molar-refractivity contribution in [1.29, 1.82) is 0 Å². The smallest absolute Gasteiger partial charge is 0.273 e. The van der Waals surface area contributed by atoms with E-state index >= 15 is 0 Å². The molecule has 1 saturated carbocycles. The molecule has 2 unspecified atom stereocenters. The molecule has 25 heavy (non-hydrogen) atoms. The lowest BCUT2D eigenvalue weighted by atomic mass is 10.0. The Bertz CT molecular complexity index is 803. The average Bonchev–Trinajstić information content (AvgIpc) is 3.21. The lowest BCUT2D eigenvalue weighted by Gasteiger charge is -2.18. The van der Waals surface area contributed by atoms with Crippen LogP contribution in [0.1, 0.15) is 35.4 Å². The molecule has 3 N–H and O–H groups in total. The molecule has 0 bridgehead atoms. The summed E-state index contributed by atoms with van der Waals surface area (Å²) in [5, 5.41) is 21.8. The highest BCUT2D eigenvalue weighted by Crippen LogP contribution is 2.25. The third-order valence-electron chi connectivity index (χ3n) is 4.67. The van der Waals surface area contributed by atoms with Crippen LogP contribution < -0.4 is 11.1 Å². The van der Waals surface area contributed by atoms with Crippen molar-refractivity contribution >= 4 is 11.6 Å². The molecule has 1 fully saturated rings. The van der Waals surface area contributed by atoms with E-state index in [0.717, 1.165) is 19.3 Å². The van der Waals surface area contributed by atoms with Crippen LogP contribution in [0.3, 0.4) is 0 Å². The largest absolute Gasteiger partial charge is 0.348 e.